The van der Waals surface area contributed by atoms with Gasteiger partial charge in [0, 0.05) is 5.92 Å². The molecule has 0 N–H and O–H groups in total. The van der Waals surface area contributed by atoms with Crippen LogP contribution in [0.5, 0.6) is 0 Å². The monoisotopic (exact) mass is 222 g/mol. The SMILES string of the molecule is O=[C]OCC1c2[c]cccc2-c2ccccc21. The molecule has 2 heteroatoms. The Balaban J connectivity index is 2.13. The number of hydrogen-bond donors (Lipinski definition) is 0. The van der Waals surface area contributed by atoms with Crippen molar-refractivity contribution in [2.45, 2.75) is 5.92 Å². The zero-order chi connectivity index (χ0) is 11.7. The van der Waals surface area contributed by atoms with Gasteiger partial charge in [0.1, 0.15) is 6.61 Å². The number of ether oxygens (including phenoxy) is 1. The van der Waals surface area contributed by atoms with E-state index in [0.717, 1.165) is 5.56 Å². The van der Waals surface area contributed by atoms with E-state index in [-0.39, 0.29) is 5.92 Å². The summed E-state index contributed by atoms with van der Waals surface area (Å²) in [4.78, 5) is 10.2. The van der Waals surface area contributed by atoms with E-state index in [0.29, 0.717) is 6.61 Å². The van der Waals surface area contributed by atoms with Crippen LogP contribution in [0.1, 0.15) is 17.0 Å². The zero-order valence-electron chi connectivity index (χ0n) is 9.14. The molecule has 1 aliphatic rings. The van der Waals surface area contributed by atoms with E-state index >= 15 is 0 Å². The van der Waals surface area contributed by atoms with Gasteiger partial charge >= 0.3 is 6.47 Å². The molecular weight excluding hydrogens is 212 g/mol. The lowest BCUT2D eigenvalue weighted by molar-refractivity contribution is 0.268. The number of carbonyl (C=O) groups excluding carboxylic acids is 1. The van der Waals surface area contributed by atoms with Gasteiger partial charge in [0.2, 0.25) is 0 Å². The summed E-state index contributed by atoms with van der Waals surface area (Å²) in [5.41, 5.74) is 4.69. The van der Waals surface area contributed by atoms with Gasteiger partial charge in [-0.2, -0.15) is 0 Å². The van der Waals surface area contributed by atoms with Crippen LogP contribution in [-0.4, -0.2) is 13.1 Å². The third-order valence-corrected chi connectivity index (χ3v) is 3.17. The lowest BCUT2D eigenvalue weighted by Gasteiger charge is -2.10. The van der Waals surface area contributed by atoms with Crippen molar-refractivity contribution in [2.75, 3.05) is 6.61 Å². The summed E-state index contributed by atoms with van der Waals surface area (Å²) in [7, 11) is 0. The van der Waals surface area contributed by atoms with Crippen LogP contribution >= 0.6 is 0 Å². The minimum Gasteiger partial charge on any atom is -0.456 e. The van der Waals surface area contributed by atoms with Crippen molar-refractivity contribution in [3.8, 4) is 11.1 Å². The Bertz CT molecular complexity index is 515. The van der Waals surface area contributed by atoms with E-state index in [1.165, 1.54) is 23.2 Å². The second kappa shape index (κ2) is 4.06. The fourth-order valence-electron chi connectivity index (χ4n) is 2.47. The standard InChI is InChI=1S/C15H10O2/c16-10-17-9-15-13-7-3-1-5-11(13)12-6-2-4-8-14(12)15/h1-7,15H,9H2. The molecule has 1 unspecified atom stereocenters. The number of benzene rings is 2. The third kappa shape index (κ3) is 1.53. The highest BCUT2D eigenvalue weighted by Gasteiger charge is 2.28. The van der Waals surface area contributed by atoms with Gasteiger partial charge in [-0.1, -0.05) is 42.5 Å². The Morgan fingerprint density at radius 1 is 1.18 bits per heavy atom. The molecular formula is C15H10O2. The molecule has 2 aromatic carbocycles. The molecule has 0 bridgehead atoms. The van der Waals surface area contributed by atoms with Gasteiger partial charge in [-0.15, -0.1) is 0 Å². The molecule has 0 aliphatic heterocycles. The van der Waals surface area contributed by atoms with E-state index in [2.05, 4.69) is 24.3 Å². The van der Waals surface area contributed by atoms with Crippen molar-refractivity contribution in [1.29, 1.82) is 0 Å². The Morgan fingerprint density at radius 2 is 2.00 bits per heavy atom. The highest BCUT2D eigenvalue weighted by Crippen LogP contribution is 2.44. The maximum atomic E-state index is 10.2. The van der Waals surface area contributed by atoms with Gasteiger partial charge in [0.25, 0.3) is 0 Å². The van der Waals surface area contributed by atoms with Crippen LogP contribution in [0.25, 0.3) is 11.1 Å². The van der Waals surface area contributed by atoms with E-state index in [1.54, 1.807) is 0 Å². The molecule has 2 aromatic rings. The fraction of sp³-hybridized carbons (Fsp3) is 0.133. The van der Waals surface area contributed by atoms with Crippen LogP contribution in [0, 0.1) is 6.07 Å². The molecule has 2 nitrogen and oxygen atoms in total. The van der Waals surface area contributed by atoms with Crippen molar-refractivity contribution < 1.29 is 9.53 Å². The van der Waals surface area contributed by atoms with Crippen LogP contribution in [0.3, 0.4) is 0 Å². The number of rotatable bonds is 3. The summed E-state index contributed by atoms with van der Waals surface area (Å²) in [5, 5.41) is 0. The van der Waals surface area contributed by atoms with E-state index < -0.39 is 0 Å². The lowest BCUT2D eigenvalue weighted by Crippen LogP contribution is -2.05. The summed E-state index contributed by atoms with van der Waals surface area (Å²) >= 11 is 0. The highest BCUT2D eigenvalue weighted by atomic mass is 16.5. The van der Waals surface area contributed by atoms with Crippen LogP contribution in [0.4, 0.5) is 0 Å². The minimum absolute atomic E-state index is 0.0869. The van der Waals surface area contributed by atoms with Gasteiger partial charge in [0.05, 0.1) is 0 Å². The Hall–Kier alpha value is -2.09. The van der Waals surface area contributed by atoms with Crippen molar-refractivity contribution in [3.63, 3.8) is 0 Å². The smallest absolute Gasteiger partial charge is 0.417 e. The summed E-state index contributed by atoms with van der Waals surface area (Å²) in [6.07, 6.45) is 0. The summed E-state index contributed by atoms with van der Waals surface area (Å²) in [6, 6.07) is 17.4. The predicted octanol–water partition coefficient (Wildman–Crippen LogP) is 2.68. The van der Waals surface area contributed by atoms with Crippen molar-refractivity contribution in [2.24, 2.45) is 0 Å². The Kier molecular flexibility index (Phi) is 2.41. The second-order valence-corrected chi connectivity index (χ2v) is 4.03. The van der Waals surface area contributed by atoms with E-state index in [1.807, 2.05) is 24.3 Å². The quantitative estimate of drug-likeness (QED) is 0.798. The largest absolute Gasteiger partial charge is 0.456 e. The lowest BCUT2D eigenvalue weighted by atomic mass is 9.98. The van der Waals surface area contributed by atoms with Crippen LogP contribution < -0.4 is 0 Å². The van der Waals surface area contributed by atoms with Gasteiger partial charge in [-0.25, -0.2) is 4.79 Å². The first-order valence-corrected chi connectivity index (χ1v) is 5.50. The Labute approximate surface area is 99.9 Å². The molecule has 2 radical (unpaired) electrons. The van der Waals surface area contributed by atoms with Crippen molar-refractivity contribution in [3.05, 3.63) is 59.7 Å². The zero-order valence-corrected chi connectivity index (χ0v) is 9.14. The number of fused-ring (bicyclic) bond motifs is 3. The maximum absolute atomic E-state index is 10.2. The molecule has 0 amide bonds. The maximum Gasteiger partial charge on any atom is 0.417 e. The summed E-state index contributed by atoms with van der Waals surface area (Å²) < 4.78 is 4.81. The van der Waals surface area contributed by atoms with Crippen LogP contribution in [-0.2, 0) is 9.53 Å². The fourth-order valence-corrected chi connectivity index (χ4v) is 2.47. The van der Waals surface area contributed by atoms with E-state index in [9.17, 15) is 4.79 Å². The molecule has 1 atom stereocenters. The first kappa shape index (κ1) is 10.1. The van der Waals surface area contributed by atoms with Crippen molar-refractivity contribution in [1.82, 2.24) is 0 Å². The predicted molar refractivity (Wildman–Crippen MR) is 64.2 cm³/mol. The number of hydrogen-bond acceptors (Lipinski definition) is 2. The second-order valence-electron chi connectivity index (χ2n) is 4.03. The first-order valence-electron chi connectivity index (χ1n) is 5.50. The van der Waals surface area contributed by atoms with Gasteiger partial charge in [-0.3, -0.25) is 0 Å². The molecule has 1 aliphatic carbocycles. The molecule has 0 fully saturated rings. The summed E-state index contributed by atoms with van der Waals surface area (Å²) in [6.45, 7) is 1.82. The highest BCUT2D eigenvalue weighted by molar-refractivity contribution is 5.78. The molecule has 0 heterocycles. The van der Waals surface area contributed by atoms with Gasteiger partial charge in [0.15, 0.2) is 0 Å². The average molecular weight is 222 g/mol. The first-order chi connectivity index (χ1) is 8.42. The van der Waals surface area contributed by atoms with Gasteiger partial charge in [-0.05, 0) is 28.3 Å². The van der Waals surface area contributed by atoms with E-state index in [4.69, 9.17) is 4.74 Å². The molecule has 82 valence electrons. The topological polar surface area (TPSA) is 26.3 Å². The molecule has 0 spiro atoms. The Morgan fingerprint density at radius 3 is 2.88 bits per heavy atom. The molecule has 0 saturated carbocycles. The third-order valence-electron chi connectivity index (χ3n) is 3.17. The average Bonchev–Trinajstić information content (AvgIpc) is 2.71. The minimum atomic E-state index is 0.0869. The molecule has 0 aromatic heterocycles. The normalized spacial score (nSPS) is 12.9. The van der Waals surface area contributed by atoms with Crippen LogP contribution in [0.15, 0.2) is 42.5 Å². The van der Waals surface area contributed by atoms with Crippen LogP contribution in [0.2, 0.25) is 0 Å². The molecule has 17 heavy (non-hydrogen) atoms. The summed E-state index contributed by atoms with van der Waals surface area (Å²) in [5.74, 6) is 0.0869. The van der Waals surface area contributed by atoms with Gasteiger partial charge < -0.3 is 4.74 Å². The van der Waals surface area contributed by atoms with Crippen molar-refractivity contribution >= 4 is 6.47 Å². The molecule has 3 rings (SSSR count). The molecule has 0 saturated heterocycles.